The monoisotopic (exact) mass is 208 g/mol. The van der Waals surface area contributed by atoms with Crippen molar-refractivity contribution < 1.29 is 9.42 Å². The Morgan fingerprint density at radius 3 is 2.73 bits per heavy atom. The lowest BCUT2D eigenvalue weighted by Crippen LogP contribution is -2.09. The molecular formula is C7H8N6O2. The summed E-state index contributed by atoms with van der Waals surface area (Å²) in [5.41, 5.74) is 6.31. The summed E-state index contributed by atoms with van der Waals surface area (Å²) in [6.45, 7) is 3.08. The molecule has 15 heavy (non-hydrogen) atoms. The molecule has 0 amide bonds. The molecule has 8 heteroatoms. The van der Waals surface area contributed by atoms with E-state index in [0.717, 1.165) is 0 Å². The van der Waals surface area contributed by atoms with Gasteiger partial charge >= 0.3 is 0 Å². The maximum atomic E-state index is 11.3. The van der Waals surface area contributed by atoms with Gasteiger partial charge < -0.3 is 5.73 Å². The molecule has 78 valence electrons. The molecule has 0 spiro atoms. The van der Waals surface area contributed by atoms with Crippen LogP contribution in [0.15, 0.2) is 4.63 Å². The first kappa shape index (κ1) is 9.31. The van der Waals surface area contributed by atoms with Crippen LogP contribution in [0, 0.1) is 6.92 Å². The second-order valence-electron chi connectivity index (χ2n) is 2.96. The van der Waals surface area contributed by atoms with Crippen molar-refractivity contribution in [1.29, 1.82) is 0 Å². The van der Waals surface area contributed by atoms with Gasteiger partial charge in [-0.2, -0.15) is 4.68 Å². The van der Waals surface area contributed by atoms with Crippen molar-refractivity contribution in [1.82, 2.24) is 25.3 Å². The summed E-state index contributed by atoms with van der Waals surface area (Å²) in [6, 6.07) is 0. The van der Waals surface area contributed by atoms with Gasteiger partial charge in [0.1, 0.15) is 5.69 Å². The van der Waals surface area contributed by atoms with E-state index < -0.39 is 0 Å². The van der Waals surface area contributed by atoms with E-state index in [-0.39, 0.29) is 17.4 Å². The predicted octanol–water partition coefficient (Wildman–Crippen LogP) is -0.256. The molecule has 0 fully saturated rings. The van der Waals surface area contributed by atoms with Crippen LogP contribution in [0.4, 0.5) is 5.82 Å². The van der Waals surface area contributed by atoms with E-state index in [4.69, 9.17) is 5.73 Å². The molecular weight excluding hydrogens is 200 g/mol. The Kier molecular flexibility index (Phi) is 1.96. The number of nitrogens with zero attached hydrogens (tertiary/aromatic N) is 5. The predicted molar refractivity (Wildman–Crippen MR) is 48.4 cm³/mol. The van der Waals surface area contributed by atoms with E-state index in [2.05, 4.69) is 25.3 Å². The number of nitrogens with two attached hydrogens (primary N) is 1. The van der Waals surface area contributed by atoms with Crippen LogP contribution in [0.3, 0.4) is 0 Å². The highest BCUT2D eigenvalue weighted by Gasteiger charge is 2.19. The van der Waals surface area contributed by atoms with Crippen molar-refractivity contribution in [3.05, 3.63) is 11.4 Å². The number of anilines is 1. The van der Waals surface area contributed by atoms with Crippen LogP contribution in [0.2, 0.25) is 0 Å². The molecule has 0 atom stereocenters. The maximum Gasteiger partial charge on any atom is 0.244 e. The second kappa shape index (κ2) is 3.15. The average molecular weight is 208 g/mol. The lowest BCUT2D eigenvalue weighted by molar-refractivity contribution is 0.100. The van der Waals surface area contributed by atoms with Crippen LogP contribution < -0.4 is 5.73 Å². The lowest BCUT2D eigenvalue weighted by Gasteiger charge is -1.98. The first-order valence-electron chi connectivity index (χ1n) is 4.13. The van der Waals surface area contributed by atoms with Crippen molar-refractivity contribution in [2.75, 3.05) is 5.73 Å². The highest BCUT2D eigenvalue weighted by Crippen LogP contribution is 2.14. The minimum atomic E-state index is -0.181. The molecule has 0 aliphatic heterocycles. The molecule has 0 saturated carbocycles. The highest BCUT2D eigenvalue weighted by atomic mass is 16.6. The van der Waals surface area contributed by atoms with Gasteiger partial charge in [0.25, 0.3) is 0 Å². The first-order valence-corrected chi connectivity index (χ1v) is 4.13. The van der Waals surface area contributed by atoms with Crippen LogP contribution >= 0.6 is 0 Å². The number of hydrogen-bond donors (Lipinski definition) is 1. The Bertz CT molecular complexity index is 513. The highest BCUT2D eigenvalue weighted by molar-refractivity contribution is 5.93. The largest absolute Gasteiger partial charge is 0.378 e. The van der Waals surface area contributed by atoms with Gasteiger partial charge in [0.05, 0.1) is 5.69 Å². The number of carbonyl (C=O) groups excluding carboxylic acids is 1. The molecule has 0 saturated heterocycles. The summed E-state index contributed by atoms with van der Waals surface area (Å²) >= 11 is 0. The molecule has 2 aromatic heterocycles. The van der Waals surface area contributed by atoms with E-state index in [9.17, 15) is 4.79 Å². The zero-order valence-corrected chi connectivity index (χ0v) is 8.13. The van der Waals surface area contributed by atoms with Gasteiger partial charge in [-0.25, -0.2) is 4.63 Å². The summed E-state index contributed by atoms with van der Waals surface area (Å²) < 4.78 is 5.63. The van der Waals surface area contributed by atoms with Crippen LogP contribution in [0.1, 0.15) is 23.1 Å². The molecule has 0 aromatic carbocycles. The minimum absolute atomic E-state index is 0.0578. The fourth-order valence-electron chi connectivity index (χ4n) is 1.25. The molecule has 2 rings (SSSR count). The average Bonchev–Trinajstić information content (AvgIpc) is 2.71. The maximum absolute atomic E-state index is 11.3. The van der Waals surface area contributed by atoms with E-state index in [1.807, 2.05) is 0 Å². The summed E-state index contributed by atoms with van der Waals surface area (Å²) in [5.74, 6) is 0.0445. The smallest absolute Gasteiger partial charge is 0.244 e. The summed E-state index contributed by atoms with van der Waals surface area (Å²) in [6.07, 6.45) is 0. The first-order chi connectivity index (χ1) is 7.11. The normalized spacial score (nSPS) is 10.5. The number of carbonyl (C=O) groups is 1. The van der Waals surface area contributed by atoms with Gasteiger partial charge in [-0.05, 0) is 17.2 Å². The van der Waals surface area contributed by atoms with E-state index in [1.165, 1.54) is 11.6 Å². The molecule has 2 aromatic rings. The van der Waals surface area contributed by atoms with E-state index in [1.54, 1.807) is 6.92 Å². The summed E-state index contributed by atoms with van der Waals surface area (Å²) in [5, 5.41) is 14.4. The Morgan fingerprint density at radius 2 is 2.20 bits per heavy atom. The van der Waals surface area contributed by atoms with Gasteiger partial charge in [-0.3, -0.25) is 4.79 Å². The van der Waals surface area contributed by atoms with Crippen molar-refractivity contribution in [2.24, 2.45) is 0 Å². The Hall–Kier alpha value is -2.25. The van der Waals surface area contributed by atoms with Crippen LogP contribution in [-0.2, 0) is 0 Å². The van der Waals surface area contributed by atoms with Crippen LogP contribution in [-0.4, -0.2) is 31.1 Å². The molecule has 8 nitrogen and oxygen atoms in total. The summed E-state index contributed by atoms with van der Waals surface area (Å²) in [4.78, 5) is 11.3. The van der Waals surface area contributed by atoms with Crippen molar-refractivity contribution in [3.8, 4) is 5.82 Å². The number of ketones is 1. The SMILES string of the molecule is CC(=O)c1c(C)nnn1-c1nonc1N. The molecule has 2 heterocycles. The third-order valence-electron chi connectivity index (χ3n) is 1.87. The van der Waals surface area contributed by atoms with Crippen molar-refractivity contribution in [3.63, 3.8) is 0 Å². The quantitative estimate of drug-likeness (QED) is 0.676. The minimum Gasteiger partial charge on any atom is -0.378 e. The Balaban J connectivity index is 2.64. The number of aromatic nitrogens is 5. The zero-order chi connectivity index (χ0) is 11.0. The van der Waals surface area contributed by atoms with Gasteiger partial charge in [-0.1, -0.05) is 5.21 Å². The van der Waals surface area contributed by atoms with Gasteiger partial charge in [0, 0.05) is 6.92 Å². The number of Topliss-reactive ketones (excluding diaryl/α,β-unsaturated/α-hetero) is 1. The summed E-state index contributed by atoms with van der Waals surface area (Å²) in [7, 11) is 0. The number of nitrogen functional groups attached to an aromatic ring is 1. The number of hydrogen-bond acceptors (Lipinski definition) is 7. The standard InChI is InChI=1S/C7H8N6O2/c1-3-5(4(2)14)13(12-9-3)7-6(8)10-15-11-7/h1-2H3,(H2,8,10). The lowest BCUT2D eigenvalue weighted by atomic mass is 10.2. The number of rotatable bonds is 2. The topological polar surface area (TPSA) is 113 Å². The molecule has 0 aliphatic rings. The van der Waals surface area contributed by atoms with Crippen molar-refractivity contribution >= 4 is 11.6 Å². The number of aryl methyl sites for hydroxylation is 1. The molecule has 2 N–H and O–H groups in total. The zero-order valence-electron chi connectivity index (χ0n) is 8.13. The van der Waals surface area contributed by atoms with Gasteiger partial charge in [-0.15, -0.1) is 5.10 Å². The van der Waals surface area contributed by atoms with E-state index >= 15 is 0 Å². The molecule has 0 radical (unpaired) electrons. The van der Waals surface area contributed by atoms with Crippen LogP contribution in [0.25, 0.3) is 5.82 Å². The Morgan fingerprint density at radius 1 is 1.47 bits per heavy atom. The fourth-order valence-corrected chi connectivity index (χ4v) is 1.25. The molecule has 0 unspecified atom stereocenters. The third kappa shape index (κ3) is 1.35. The van der Waals surface area contributed by atoms with Gasteiger partial charge in [0.15, 0.2) is 5.78 Å². The second-order valence-corrected chi connectivity index (χ2v) is 2.96. The third-order valence-corrected chi connectivity index (χ3v) is 1.87. The van der Waals surface area contributed by atoms with Gasteiger partial charge in [0.2, 0.25) is 11.6 Å². The molecule has 0 bridgehead atoms. The van der Waals surface area contributed by atoms with E-state index in [0.29, 0.717) is 11.4 Å². The fraction of sp³-hybridized carbons (Fsp3) is 0.286. The van der Waals surface area contributed by atoms with Crippen molar-refractivity contribution in [2.45, 2.75) is 13.8 Å². The Labute approximate surface area is 84.0 Å². The van der Waals surface area contributed by atoms with Crippen LogP contribution in [0.5, 0.6) is 0 Å². The molecule has 0 aliphatic carbocycles.